The zero-order chi connectivity index (χ0) is 15.5. The molecule has 0 saturated heterocycles. The Hall–Kier alpha value is -1.14. The average Bonchev–Trinajstić information content (AvgIpc) is 3.06. The number of amides is 1. The van der Waals surface area contributed by atoms with Crippen LogP contribution in [-0.4, -0.2) is 29.3 Å². The van der Waals surface area contributed by atoms with E-state index in [1.165, 1.54) is 12.8 Å². The summed E-state index contributed by atoms with van der Waals surface area (Å²) in [6.45, 7) is 8.46. The second kappa shape index (κ2) is 6.75. The highest BCUT2D eigenvalue weighted by Gasteiger charge is 2.33. The number of rotatable bonds is 6. The Morgan fingerprint density at radius 2 is 2.24 bits per heavy atom. The first-order valence-electron chi connectivity index (χ1n) is 7.47. The van der Waals surface area contributed by atoms with Gasteiger partial charge in [0.05, 0.1) is 6.04 Å². The van der Waals surface area contributed by atoms with E-state index in [9.17, 15) is 4.79 Å². The van der Waals surface area contributed by atoms with E-state index in [2.05, 4.69) is 22.5 Å². The van der Waals surface area contributed by atoms with Crippen LogP contribution in [0.3, 0.4) is 0 Å². The van der Waals surface area contributed by atoms with Crippen LogP contribution in [0.25, 0.3) is 0 Å². The molecule has 1 saturated carbocycles. The number of carbonyl (C=O) groups excluding carboxylic acids is 1. The number of nitrogens with zero attached hydrogens (tertiary/aromatic N) is 1. The van der Waals surface area contributed by atoms with Gasteiger partial charge in [-0.1, -0.05) is 0 Å². The zero-order valence-electron chi connectivity index (χ0n) is 13.2. The number of thiazole rings is 1. The summed E-state index contributed by atoms with van der Waals surface area (Å²) in [5.74, 6) is 0.563. The minimum absolute atomic E-state index is 0.127. The first-order valence-corrected chi connectivity index (χ1v) is 8.35. The Morgan fingerprint density at radius 1 is 1.52 bits per heavy atom. The van der Waals surface area contributed by atoms with Crippen LogP contribution in [0, 0.1) is 5.92 Å². The maximum Gasteiger partial charge on any atom is 0.407 e. The summed E-state index contributed by atoms with van der Waals surface area (Å²) in [5, 5.41) is 9.50. The van der Waals surface area contributed by atoms with Crippen LogP contribution >= 0.6 is 11.3 Å². The van der Waals surface area contributed by atoms with Crippen LogP contribution < -0.4 is 10.6 Å². The molecule has 2 atom stereocenters. The molecular formula is C15H25N3O2S. The molecule has 1 aliphatic rings. The van der Waals surface area contributed by atoms with Crippen molar-refractivity contribution in [2.24, 2.45) is 5.92 Å². The second-order valence-electron chi connectivity index (χ2n) is 6.59. The summed E-state index contributed by atoms with van der Waals surface area (Å²) in [5.41, 5.74) is -0.459. The van der Waals surface area contributed by atoms with Crippen molar-refractivity contribution in [3.63, 3.8) is 0 Å². The molecule has 0 radical (unpaired) electrons. The van der Waals surface area contributed by atoms with Crippen LogP contribution in [0.5, 0.6) is 0 Å². The molecule has 1 amide bonds. The van der Waals surface area contributed by atoms with Gasteiger partial charge in [-0.2, -0.15) is 0 Å². The molecule has 2 rings (SSSR count). The smallest absolute Gasteiger partial charge is 0.407 e. The van der Waals surface area contributed by atoms with Crippen LogP contribution in [-0.2, 0) is 4.74 Å². The van der Waals surface area contributed by atoms with E-state index in [4.69, 9.17) is 4.74 Å². The summed E-state index contributed by atoms with van der Waals surface area (Å²) in [7, 11) is 0. The zero-order valence-corrected chi connectivity index (χ0v) is 14.0. The summed E-state index contributed by atoms with van der Waals surface area (Å²) in [4.78, 5) is 16.2. The molecule has 1 aromatic rings. The van der Waals surface area contributed by atoms with E-state index < -0.39 is 5.60 Å². The quantitative estimate of drug-likeness (QED) is 0.847. The summed E-state index contributed by atoms with van der Waals surface area (Å²) >= 11 is 1.64. The molecule has 0 aliphatic heterocycles. The number of ether oxygens (including phenoxy) is 1. The fourth-order valence-electron chi connectivity index (χ4n) is 2.13. The van der Waals surface area contributed by atoms with Crippen molar-refractivity contribution in [1.29, 1.82) is 0 Å². The first-order chi connectivity index (χ1) is 9.85. The van der Waals surface area contributed by atoms with Gasteiger partial charge < -0.3 is 15.4 Å². The largest absolute Gasteiger partial charge is 0.444 e. The van der Waals surface area contributed by atoms with Crippen molar-refractivity contribution in [3.8, 4) is 0 Å². The van der Waals surface area contributed by atoms with Gasteiger partial charge in [-0.15, -0.1) is 11.3 Å². The Labute approximate surface area is 130 Å². The van der Waals surface area contributed by atoms with Gasteiger partial charge in [-0.05, 0) is 46.5 Å². The Bertz CT molecular complexity index is 452. The highest BCUT2D eigenvalue weighted by Crippen LogP contribution is 2.32. The van der Waals surface area contributed by atoms with Crippen molar-refractivity contribution in [2.75, 3.05) is 6.54 Å². The van der Waals surface area contributed by atoms with Gasteiger partial charge in [0.2, 0.25) is 0 Å². The molecule has 1 heterocycles. The lowest BCUT2D eigenvalue weighted by Crippen LogP contribution is -2.46. The van der Waals surface area contributed by atoms with Crippen LogP contribution in [0.1, 0.15) is 51.6 Å². The van der Waals surface area contributed by atoms with Gasteiger partial charge in [-0.25, -0.2) is 9.78 Å². The predicted octanol–water partition coefficient (Wildman–Crippen LogP) is 3.10. The Kier molecular flexibility index (Phi) is 5.22. The molecule has 118 valence electrons. The number of aromatic nitrogens is 1. The van der Waals surface area contributed by atoms with E-state index in [1.54, 1.807) is 11.3 Å². The van der Waals surface area contributed by atoms with Crippen LogP contribution in [0.15, 0.2) is 11.6 Å². The Balaban J connectivity index is 1.81. The fourth-order valence-corrected chi connectivity index (χ4v) is 2.80. The maximum absolute atomic E-state index is 11.9. The molecular weight excluding hydrogens is 286 g/mol. The molecule has 6 heteroatoms. The van der Waals surface area contributed by atoms with Gasteiger partial charge >= 0.3 is 6.09 Å². The third kappa shape index (κ3) is 5.63. The molecule has 2 N–H and O–H groups in total. The first kappa shape index (κ1) is 16.2. The summed E-state index contributed by atoms with van der Waals surface area (Å²) < 4.78 is 5.34. The Morgan fingerprint density at radius 3 is 2.76 bits per heavy atom. The number of carbonyl (C=O) groups is 1. The van der Waals surface area contributed by atoms with E-state index in [0.717, 1.165) is 11.6 Å². The van der Waals surface area contributed by atoms with Crippen molar-refractivity contribution >= 4 is 17.4 Å². The normalized spacial score (nSPS) is 18.1. The summed E-state index contributed by atoms with van der Waals surface area (Å²) in [6.07, 6.45) is 3.83. The molecule has 0 spiro atoms. The monoisotopic (exact) mass is 311 g/mol. The third-order valence-electron chi connectivity index (χ3n) is 3.36. The van der Waals surface area contributed by atoms with Crippen molar-refractivity contribution < 1.29 is 9.53 Å². The SMILES string of the molecule is CC(NCC(NC(=O)OC(C)(C)C)C1CC1)c1nccs1. The number of nitrogens with one attached hydrogen (secondary N) is 2. The number of alkyl carbamates (subject to hydrolysis) is 1. The highest BCUT2D eigenvalue weighted by atomic mass is 32.1. The minimum atomic E-state index is -0.459. The molecule has 0 bridgehead atoms. The topological polar surface area (TPSA) is 63.2 Å². The molecule has 1 aromatic heterocycles. The van der Waals surface area contributed by atoms with Gasteiger partial charge in [0.25, 0.3) is 0 Å². The summed E-state index contributed by atoms with van der Waals surface area (Å²) in [6, 6.07) is 0.328. The van der Waals surface area contributed by atoms with Gasteiger partial charge in [0.1, 0.15) is 10.6 Å². The van der Waals surface area contributed by atoms with Crippen LogP contribution in [0.4, 0.5) is 4.79 Å². The average molecular weight is 311 g/mol. The second-order valence-corrected chi connectivity index (χ2v) is 7.52. The molecule has 21 heavy (non-hydrogen) atoms. The molecule has 2 unspecified atom stereocenters. The lowest BCUT2D eigenvalue weighted by Gasteiger charge is -2.24. The molecule has 0 aromatic carbocycles. The van der Waals surface area contributed by atoms with Gasteiger partial charge in [0, 0.05) is 24.2 Å². The highest BCUT2D eigenvalue weighted by molar-refractivity contribution is 7.09. The van der Waals surface area contributed by atoms with Crippen molar-refractivity contribution in [2.45, 2.75) is 58.2 Å². The van der Waals surface area contributed by atoms with Crippen molar-refractivity contribution in [1.82, 2.24) is 15.6 Å². The fraction of sp³-hybridized carbons (Fsp3) is 0.733. The minimum Gasteiger partial charge on any atom is -0.444 e. The van der Waals surface area contributed by atoms with Gasteiger partial charge in [0.15, 0.2) is 0 Å². The number of hydrogen-bond donors (Lipinski definition) is 2. The molecule has 1 fully saturated rings. The molecule has 1 aliphatic carbocycles. The van der Waals surface area contributed by atoms with E-state index in [1.807, 2.05) is 32.3 Å². The standard InChI is InChI=1S/C15H25N3O2S/c1-10(13-16-7-8-21-13)17-9-12(11-5-6-11)18-14(19)20-15(2,3)4/h7-8,10-12,17H,5-6,9H2,1-4H3,(H,18,19). The maximum atomic E-state index is 11.9. The van der Waals surface area contributed by atoms with E-state index in [0.29, 0.717) is 5.92 Å². The van der Waals surface area contributed by atoms with E-state index >= 15 is 0 Å². The third-order valence-corrected chi connectivity index (χ3v) is 4.32. The lowest BCUT2D eigenvalue weighted by atomic mass is 10.1. The predicted molar refractivity (Wildman–Crippen MR) is 84.4 cm³/mol. The van der Waals surface area contributed by atoms with Gasteiger partial charge in [-0.3, -0.25) is 0 Å². The van der Waals surface area contributed by atoms with E-state index in [-0.39, 0.29) is 18.2 Å². The van der Waals surface area contributed by atoms with Crippen LogP contribution in [0.2, 0.25) is 0 Å². The molecule has 5 nitrogen and oxygen atoms in total. The lowest BCUT2D eigenvalue weighted by molar-refractivity contribution is 0.0497. The van der Waals surface area contributed by atoms with Crippen molar-refractivity contribution in [3.05, 3.63) is 16.6 Å². The number of hydrogen-bond acceptors (Lipinski definition) is 5.